The Morgan fingerprint density at radius 2 is 2.33 bits per heavy atom. The molecule has 0 bridgehead atoms. The van der Waals surface area contributed by atoms with Crippen LogP contribution in [0.4, 0.5) is 0 Å². The van der Waals surface area contributed by atoms with E-state index >= 15 is 0 Å². The molecular weight excluding hydrogens is 216 g/mol. The fourth-order valence-corrected chi connectivity index (χ4v) is 1.60. The maximum absolute atomic E-state index is 11.1. The van der Waals surface area contributed by atoms with Gasteiger partial charge in [-0.15, -0.1) is 0 Å². The highest BCUT2D eigenvalue weighted by molar-refractivity contribution is 6.28. The number of aromatic nitrogens is 1. The Morgan fingerprint density at radius 3 is 2.93 bits per heavy atom. The summed E-state index contributed by atoms with van der Waals surface area (Å²) < 4.78 is 5.15. The summed E-state index contributed by atoms with van der Waals surface area (Å²) in [7, 11) is 0. The van der Waals surface area contributed by atoms with Crippen molar-refractivity contribution < 1.29 is 9.21 Å². The van der Waals surface area contributed by atoms with E-state index in [-0.39, 0.29) is 11.0 Å². The monoisotopic (exact) mass is 224 g/mol. The van der Waals surface area contributed by atoms with Crippen LogP contribution in [0.2, 0.25) is 5.35 Å². The number of rotatable bonds is 2. The summed E-state index contributed by atoms with van der Waals surface area (Å²) in [5.41, 5.74) is 6.04. The van der Waals surface area contributed by atoms with Gasteiger partial charge in [0.25, 0.3) is 11.3 Å². The zero-order valence-corrected chi connectivity index (χ0v) is 8.62. The van der Waals surface area contributed by atoms with Gasteiger partial charge in [0.15, 0.2) is 11.5 Å². The first-order valence-electron chi connectivity index (χ1n) is 4.51. The third-order valence-electron chi connectivity index (χ3n) is 2.09. The fourth-order valence-electron chi connectivity index (χ4n) is 1.44. The second-order valence-electron chi connectivity index (χ2n) is 3.15. The molecule has 1 heterocycles. The van der Waals surface area contributed by atoms with Crippen LogP contribution >= 0.6 is 11.6 Å². The average molecular weight is 225 g/mol. The van der Waals surface area contributed by atoms with Gasteiger partial charge in [0, 0.05) is 5.57 Å². The first-order chi connectivity index (χ1) is 7.18. The van der Waals surface area contributed by atoms with E-state index in [2.05, 4.69) is 4.98 Å². The first-order valence-corrected chi connectivity index (χ1v) is 4.89. The van der Waals surface area contributed by atoms with Crippen molar-refractivity contribution in [2.45, 2.75) is 12.8 Å². The van der Waals surface area contributed by atoms with E-state index in [0.717, 1.165) is 18.4 Å². The molecule has 15 heavy (non-hydrogen) atoms. The van der Waals surface area contributed by atoms with Crippen LogP contribution in [0, 0.1) is 0 Å². The normalized spacial score (nSPS) is 15.1. The van der Waals surface area contributed by atoms with Crippen molar-refractivity contribution in [3.8, 4) is 0 Å². The molecule has 1 amide bonds. The summed E-state index contributed by atoms with van der Waals surface area (Å²) in [5.74, 6) is -0.288. The molecule has 1 aromatic heterocycles. The molecule has 4 nitrogen and oxygen atoms in total. The summed E-state index contributed by atoms with van der Waals surface area (Å²) in [5, 5.41) is -0.0707. The molecule has 0 unspecified atom stereocenters. The number of carbonyl (C=O) groups excluding carboxylic acids is 1. The minimum absolute atomic E-state index is 0.0707. The molecule has 0 atom stereocenters. The molecule has 1 aliphatic carbocycles. The second kappa shape index (κ2) is 3.90. The molecule has 0 fully saturated rings. The minimum atomic E-state index is -0.638. The molecule has 2 rings (SSSR count). The zero-order valence-electron chi connectivity index (χ0n) is 7.87. The highest BCUT2D eigenvalue weighted by Gasteiger charge is 2.19. The number of primary amides is 1. The lowest BCUT2D eigenvalue weighted by molar-refractivity contribution is 0.0995. The molecule has 0 spiro atoms. The van der Waals surface area contributed by atoms with Gasteiger partial charge in [-0.1, -0.05) is 18.2 Å². The van der Waals surface area contributed by atoms with Crippen molar-refractivity contribution in [1.82, 2.24) is 4.98 Å². The van der Waals surface area contributed by atoms with Gasteiger partial charge in [-0.25, -0.2) is 0 Å². The molecule has 5 heteroatoms. The van der Waals surface area contributed by atoms with Crippen molar-refractivity contribution in [2.24, 2.45) is 5.73 Å². The van der Waals surface area contributed by atoms with Crippen LogP contribution in [-0.4, -0.2) is 10.9 Å². The number of allylic oxidation sites excluding steroid dienone is 4. The van der Waals surface area contributed by atoms with Gasteiger partial charge in [0.2, 0.25) is 0 Å². The van der Waals surface area contributed by atoms with E-state index in [9.17, 15) is 4.79 Å². The Labute approximate surface area is 91.4 Å². The number of hydrogen-bond acceptors (Lipinski definition) is 3. The molecule has 0 aromatic carbocycles. The Hall–Kier alpha value is -1.55. The highest BCUT2D eigenvalue weighted by Crippen LogP contribution is 2.26. The Morgan fingerprint density at radius 1 is 1.53 bits per heavy atom. The second-order valence-corrected chi connectivity index (χ2v) is 3.47. The summed E-state index contributed by atoms with van der Waals surface area (Å²) in [4.78, 5) is 14.8. The third-order valence-corrected chi connectivity index (χ3v) is 2.25. The van der Waals surface area contributed by atoms with Crippen LogP contribution in [0.5, 0.6) is 0 Å². The van der Waals surface area contributed by atoms with Crippen LogP contribution < -0.4 is 5.73 Å². The molecule has 2 N–H and O–H groups in total. The molecule has 0 saturated carbocycles. The van der Waals surface area contributed by atoms with Crippen molar-refractivity contribution in [1.29, 1.82) is 0 Å². The lowest BCUT2D eigenvalue weighted by Crippen LogP contribution is -2.13. The van der Waals surface area contributed by atoms with Gasteiger partial charge >= 0.3 is 0 Å². The van der Waals surface area contributed by atoms with E-state index in [1.807, 2.05) is 18.2 Å². The van der Waals surface area contributed by atoms with E-state index in [1.54, 1.807) is 0 Å². The lowest BCUT2D eigenvalue weighted by atomic mass is 10.0. The number of oxazole rings is 1. The summed E-state index contributed by atoms with van der Waals surface area (Å²) in [6.07, 6.45) is 7.71. The van der Waals surface area contributed by atoms with Gasteiger partial charge in [-0.3, -0.25) is 4.79 Å². The van der Waals surface area contributed by atoms with E-state index in [1.165, 1.54) is 0 Å². The van der Waals surface area contributed by atoms with E-state index < -0.39 is 5.91 Å². The van der Waals surface area contributed by atoms with Crippen molar-refractivity contribution in [3.63, 3.8) is 0 Å². The predicted octanol–water partition coefficient (Wildman–Crippen LogP) is 2.16. The third kappa shape index (κ3) is 1.94. The smallest absolute Gasteiger partial charge is 0.293 e. The van der Waals surface area contributed by atoms with Crippen molar-refractivity contribution >= 4 is 23.1 Å². The van der Waals surface area contributed by atoms with E-state index in [4.69, 9.17) is 21.8 Å². The molecular formula is C10H9ClN2O2. The zero-order chi connectivity index (χ0) is 10.8. The predicted molar refractivity (Wildman–Crippen MR) is 56.4 cm³/mol. The van der Waals surface area contributed by atoms with Gasteiger partial charge in [0.05, 0.1) is 0 Å². The summed E-state index contributed by atoms with van der Waals surface area (Å²) in [6.45, 7) is 0. The maximum Gasteiger partial charge on any atom is 0.293 e. The number of halogens is 1. The van der Waals surface area contributed by atoms with E-state index in [0.29, 0.717) is 5.76 Å². The quantitative estimate of drug-likeness (QED) is 0.837. The number of nitrogens with zero attached hydrogens (tertiary/aromatic N) is 1. The highest BCUT2D eigenvalue weighted by atomic mass is 35.5. The topological polar surface area (TPSA) is 69.1 Å². The van der Waals surface area contributed by atoms with Crippen molar-refractivity contribution in [2.75, 3.05) is 0 Å². The van der Waals surface area contributed by atoms with Gasteiger partial charge in [-0.2, -0.15) is 4.98 Å². The number of carbonyl (C=O) groups is 1. The number of hydrogen-bond donors (Lipinski definition) is 1. The molecule has 0 aliphatic heterocycles. The Kier molecular flexibility index (Phi) is 2.60. The molecule has 1 aromatic rings. The van der Waals surface area contributed by atoms with Gasteiger partial charge < -0.3 is 10.2 Å². The fraction of sp³-hybridized carbons (Fsp3) is 0.200. The lowest BCUT2D eigenvalue weighted by Gasteiger charge is -2.03. The Bertz CT molecular complexity index is 460. The summed E-state index contributed by atoms with van der Waals surface area (Å²) >= 11 is 5.59. The molecule has 1 aliphatic rings. The van der Waals surface area contributed by atoms with Crippen LogP contribution in [0.1, 0.15) is 29.1 Å². The molecule has 78 valence electrons. The maximum atomic E-state index is 11.1. The SMILES string of the molecule is NC(=O)c1nc(Cl)oc1C1=CCCC=C1. The Balaban J connectivity index is 2.47. The minimum Gasteiger partial charge on any atom is -0.427 e. The largest absolute Gasteiger partial charge is 0.427 e. The van der Waals surface area contributed by atoms with Crippen LogP contribution in [0.15, 0.2) is 22.6 Å². The van der Waals surface area contributed by atoms with Crippen LogP contribution in [0.25, 0.3) is 5.57 Å². The van der Waals surface area contributed by atoms with Crippen LogP contribution in [-0.2, 0) is 0 Å². The molecule has 0 saturated heterocycles. The number of nitrogens with two attached hydrogens (primary N) is 1. The first kappa shape index (κ1) is 9.98. The van der Waals surface area contributed by atoms with Crippen molar-refractivity contribution in [3.05, 3.63) is 35.0 Å². The summed E-state index contributed by atoms with van der Waals surface area (Å²) in [6, 6.07) is 0. The standard InChI is InChI=1S/C10H9ClN2O2/c11-10-13-7(9(12)14)8(15-10)6-4-2-1-3-5-6/h2,4-5H,1,3H2,(H2,12,14). The molecule has 0 radical (unpaired) electrons. The average Bonchev–Trinajstić information content (AvgIpc) is 2.62. The van der Waals surface area contributed by atoms with Crippen LogP contribution in [0.3, 0.4) is 0 Å². The van der Waals surface area contributed by atoms with Gasteiger partial charge in [-0.05, 0) is 24.4 Å². The van der Waals surface area contributed by atoms with Gasteiger partial charge in [0.1, 0.15) is 0 Å². The number of amides is 1.